The van der Waals surface area contributed by atoms with E-state index < -0.39 is 0 Å². The Kier molecular flexibility index (Phi) is 4.15. The van der Waals surface area contributed by atoms with Gasteiger partial charge in [-0.3, -0.25) is 0 Å². The smallest absolute Gasteiger partial charge is 0.914 e. The van der Waals surface area contributed by atoms with Crippen LogP contribution in [0.25, 0.3) is 5.76 Å². The SMILES string of the molecule is [2H]c1cccc(/C([O-])=C2/C=CC=C[CH-]2)c1.[Na+]. The first kappa shape index (κ1) is 10.6. The first-order valence-electron chi connectivity index (χ1n) is 4.94. The van der Waals surface area contributed by atoms with Crippen LogP contribution in [0.3, 0.4) is 0 Å². The van der Waals surface area contributed by atoms with E-state index in [-0.39, 0.29) is 35.3 Å². The molecule has 0 aliphatic heterocycles. The van der Waals surface area contributed by atoms with Gasteiger partial charge in [0.05, 0.1) is 1.37 Å². The minimum Gasteiger partial charge on any atom is -0.914 e. The van der Waals surface area contributed by atoms with Crippen LogP contribution in [-0.2, 0) is 0 Å². The Hall–Kier alpha value is -0.890. The van der Waals surface area contributed by atoms with E-state index in [4.69, 9.17) is 1.37 Å². The van der Waals surface area contributed by atoms with Crippen molar-refractivity contribution in [1.82, 2.24) is 0 Å². The quantitative estimate of drug-likeness (QED) is 0.331. The molecular formula is C13H10NaO-. The largest absolute Gasteiger partial charge is 1.00 e. The molecule has 0 saturated heterocycles. The van der Waals surface area contributed by atoms with Crippen LogP contribution in [0.4, 0.5) is 0 Å². The monoisotopic (exact) mass is 206 g/mol. The predicted octanol–water partition coefficient (Wildman–Crippen LogP) is -0.908. The molecule has 0 aromatic heterocycles. The van der Waals surface area contributed by atoms with Crippen molar-refractivity contribution >= 4 is 5.76 Å². The van der Waals surface area contributed by atoms with Crippen molar-refractivity contribution in [2.75, 3.05) is 0 Å². The third-order valence-corrected chi connectivity index (χ3v) is 2.01. The van der Waals surface area contributed by atoms with E-state index >= 15 is 0 Å². The molecule has 0 unspecified atom stereocenters. The molecule has 15 heavy (non-hydrogen) atoms. The van der Waals surface area contributed by atoms with Crippen molar-refractivity contribution in [3.05, 3.63) is 72.2 Å². The van der Waals surface area contributed by atoms with Crippen molar-refractivity contribution in [3.8, 4) is 0 Å². The van der Waals surface area contributed by atoms with Crippen molar-refractivity contribution in [2.45, 2.75) is 0 Å². The van der Waals surface area contributed by atoms with E-state index in [0.717, 1.165) is 0 Å². The molecule has 0 fully saturated rings. The van der Waals surface area contributed by atoms with Gasteiger partial charge < -0.3 is 5.11 Å². The molecule has 0 saturated carbocycles. The fourth-order valence-electron chi connectivity index (χ4n) is 1.29. The van der Waals surface area contributed by atoms with Crippen LogP contribution < -0.4 is 34.7 Å². The molecule has 0 spiro atoms. The average Bonchev–Trinajstić information content (AvgIpc) is 2.29. The number of benzene rings is 1. The van der Waals surface area contributed by atoms with Crippen LogP contribution in [0.1, 0.15) is 6.93 Å². The summed E-state index contributed by atoms with van der Waals surface area (Å²) in [5.41, 5.74) is 1.22. The number of rotatable bonds is 1. The minimum absolute atomic E-state index is 0. The van der Waals surface area contributed by atoms with E-state index in [1.54, 1.807) is 36.8 Å². The van der Waals surface area contributed by atoms with Gasteiger partial charge in [0.25, 0.3) is 0 Å². The van der Waals surface area contributed by atoms with E-state index in [2.05, 4.69) is 0 Å². The van der Waals surface area contributed by atoms with Crippen LogP contribution in [0.2, 0.25) is 0 Å². The Balaban J connectivity index is 0.00000128. The van der Waals surface area contributed by atoms with Gasteiger partial charge >= 0.3 is 29.6 Å². The van der Waals surface area contributed by atoms with Gasteiger partial charge in [-0.25, -0.2) is 0 Å². The Labute approximate surface area is 114 Å². The van der Waals surface area contributed by atoms with Crippen LogP contribution in [0.15, 0.2) is 60.2 Å². The van der Waals surface area contributed by atoms with Crippen molar-refractivity contribution in [2.24, 2.45) is 0 Å². The zero-order chi connectivity index (χ0) is 10.7. The molecule has 1 aromatic carbocycles. The topological polar surface area (TPSA) is 23.1 Å². The molecule has 0 amide bonds. The molecule has 2 heteroatoms. The maximum atomic E-state index is 11.9. The molecule has 0 N–H and O–H groups in total. The van der Waals surface area contributed by atoms with E-state index in [9.17, 15) is 5.11 Å². The van der Waals surface area contributed by atoms with Crippen LogP contribution in [0, 0.1) is 6.42 Å². The summed E-state index contributed by atoms with van der Waals surface area (Å²) in [6, 6.07) is 7.04. The van der Waals surface area contributed by atoms with E-state index in [0.29, 0.717) is 17.2 Å². The summed E-state index contributed by atoms with van der Waals surface area (Å²) in [5, 5.41) is 11.9. The molecule has 1 aliphatic rings. The molecule has 0 bridgehead atoms. The Bertz CT molecular complexity index is 461. The summed E-state index contributed by atoms with van der Waals surface area (Å²) in [4.78, 5) is 0. The second-order valence-corrected chi connectivity index (χ2v) is 2.99. The van der Waals surface area contributed by atoms with Gasteiger partial charge in [0, 0.05) is 0 Å². The standard InChI is InChI=1S/C13H11O.Na/c14-13(11-7-3-1-4-8-11)12-9-5-2-6-10-12;/h1-10,14H;/q-1;+1/p-1/i3D;. The molecule has 2 rings (SSSR count). The van der Waals surface area contributed by atoms with Gasteiger partial charge in [0.15, 0.2) is 0 Å². The number of allylic oxidation sites excluding steroid dienone is 5. The van der Waals surface area contributed by atoms with Gasteiger partial charge in [-0.05, 0) is 0 Å². The molecule has 1 aromatic rings. The molecular weight excluding hydrogens is 195 g/mol. The van der Waals surface area contributed by atoms with Crippen LogP contribution >= 0.6 is 0 Å². The van der Waals surface area contributed by atoms with Gasteiger partial charge in [-0.15, -0.1) is 30.7 Å². The van der Waals surface area contributed by atoms with Crippen LogP contribution in [0.5, 0.6) is 0 Å². The Morgan fingerprint density at radius 1 is 1.27 bits per heavy atom. The molecule has 0 atom stereocenters. The van der Waals surface area contributed by atoms with Gasteiger partial charge in [-0.2, -0.15) is 11.3 Å². The average molecular weight is 206 g/mol. The van der Waals surface area contributed by atoms with E-state index in [1.807, 2.05) is 18.2 Å². The molecule has 1 aliphatic carbocycles. The predicted molar refractivity (Wildman–Crippen MR) is 55.9 cm³/mol. The third kappa shape index (κ3) is 3.03. The van der Waals surface area contributed by atoms with Crippen molar-refractivity contribution in [3.63, 3.8) is 0 Å². The normalized spacial score (nSPS) is 17.5. The summed E-state index contributed by atoms with van der Waals surface area (Å²) in [6.07, 6.45) is 9.09. The van der Waals surface area contributed by atoms with Crippen molar-refractivity contribution < 1.29 is 36.0 Å². The second-order valence-electron chi connectivity index (χ2n) is 2.99. The zero-order valence-corrected chi connectivity index (χ0v) is 10.6. The fraction of sp³-hybridized carbons (Fsp3) is 0. The Morgan fingerprint density at radius 3 is 2.80 bits per heavy atom. The number of hydrogen-bond acceptors (Lipinski definition) is 1. The summed E-state index contributed by atoms with van der Waals surface area (Å²) < 4.78 is 7.44. The molecule has 0 radical (unpaired) electrons. The first-order valence-corrected chi connectivity index (χ1v) is 4.44. The zero-order valence-electron chi connectivity index (χ0n) is 9.60. The maximum absolute atomic E-state index is 11.9. The van der Waals surface area contributed by atoms with Gasteiger partial charge in [-0.1, -0.05) is 35.9 Å². The minimum atomic E-state index is -0.0373. The van der Waals surface area contributed by atoms with Gasteiger partial charge in [0.2, 0.25) is 0 Å². The summed E-state index contributed by atoms with van der Waals surface area (Å²) in [5.74, 6) is -0.0373. The second kappa shape index (κ2) is 5.86. The number of hydrogen-bond donors (Lipinski definition) is 0. The van der Waals surface area contributed by atoms with Crippen molar-refractivity contribution in [1.29, 1.82) is 0 Å². The van der Waals surface area contributed by atoms with Crippen LogP contribution in [-0.4, -0.2) is 0 Å². The maximum Gasteiger partial charge on any atom is 1.00 e. The molecule has 0 heterocycles. The summed E-state index contributed by atoms with van der Waals surface area (Å²) in [6.45, 7) is 0. The third-order valence-electron chi connectivity index (χ3n) is 2.01. The summed E-state index contributed by atoms with van der Waals surface area (Å²) in [7, 11) is 0. The molecule has 70 valence electrons. The first-order chi connectivity index (χ1) is 7.27. The Morgan fingerprint density at radius 2 is 2.13 bits per heavy atom. The summed E-state index contributed by atoms with van der Waals surface area (Å²) >= 11 is 0. The van der Waals surface area contributed by atoms with Gasteiger partial charge in [0.1, 0.15) is 0 Å². The van der Waals surface area contributed by atoms with E-state index in [1.165, 1.54) is 0 Å². The molecule has 1 nitrogen and oxygen atoms in total. The fourth-order valence-corrected chi connectivity index (χ4v) is 1.29.